The van der Waals surface area contributed by atoms with Crippen LogP contribution in [0.4, 0.5) is 4.79 Å². The summed E-state index contributed by atoms with van der Waals surface area (Å²) in [5.41, 5.74) is -1.21. The van der Waals surface area contributed by atoms with E-state index >= 15 is 0 Å². The van der Waals surface area contributed by atoms with Gasteiger partial charge in [-0.25, -0.2) is 4.79 Å². The summed E-state index contributed by atoms with van der Waals surface area (Å²) in [7, 11) is 0. The Morgan fingerprint density at radius 2 is 1.79 bits per heavy atom. The van der Waals surface area contributed by atoms with Gasteiger partial charge in [0, 0.05) is 6.54 Å². The smallest absolute Gasteiger partial charge is 0.410 e. The van der Waals surface area contributed by atoms with Crippen LogP contribution >= 0.6 is 0 Å². The first-order valence-electron chi connectivity index (χ1n) is 7.15. The second-order valence-electron chi connectivity index (χ2n) is 7.53. The molecule has 0 bridgehead atoms. The van der Waals surface area contributed by atoms with Gasteiger partial charge in [-0.15, -0.1) is 0 Å². The maximum atomic E-state index is 12.4. The molecule has 0 radical (unpaired) electrons. The highest BCUT2D eigenvalue weighted by molar-refractivity contribution is 5.69. The quantitative estimate of drug-likeness (QED) is 0.797. The maximum Gasteiger partial charge on any atom is 0.410 e. The van der Waals surface area contributed by atoms with Crippen molar-refractivity contribution < 1.29 is 14.6 Å². The van der Waals surface area contributed by atoms with Crippen LogP contribution in [0.25, 0.3) is 0 Å². The molecule has 1 rings (SSSR count). The predicted octanol–water partition coefficient (Wildman–Crippen LogP) is 3.18. The molecule has 1 amide bonds. The molecule has 1 aliphatic heterocycles. The van der Waals surface area contributed by atoms with Gasteiger partial charge in [0.05, 0.1) is 12.1 Å². The van der Waals surface area contributed by atoms with Crippen molar-refractivity contribution in [2.24, 2.45) is 5.41 Å². The molecular formula is C15H29NO3. The number of rotatable bonds is 1. The van der Waals surface area contributed by atoms with Crippen molar-refractivity contribution >= 4 is 6.09 Å². The lowest BCUT2D eigenvalue weighted by molar-refractivity contribution is -0.0793. The van der Waals surface area contributed by atoms with Crippen molar-refractivity contribution in [3.8, 4) is 0 Å². The number of likely N-dealkylation sites (tertiary alicyclic amines) is 1. The number of piperidine rings is 1. The van der Waals surface area contributed by atoms with Crippen LogP contribution in [-0.4, -0.2) is 40.4 Å². The van der Waals surface area contributed by atoms with Gasteiger partial charge in [-0.3, -0.25) is 4.90 Å². The highest BCUT2D eigenvalue weighted by Crippen LogP contribution is 2.42. The van der Waals surface area contributed by atoms with Crippen molar-refractivity contribution in [2.75, 3.05) is 13.2 Å². The van der Waals surface area contributed by atoms with E-state index in [9.17, 15) is 9.90 Å². The summed E-state index contributed by atoms with van der Waals surface area (Å²) in [6.07, 6.45) is 2.52. The summed E-state index contributed by atoms with van der Waals surface area (Å²) in [5, 5.41) is 9.95. The molecule has 0 aliphatic carbocycles. The van der Waals surface area contributed by atoms with Gasteiger partial charge in [0.2, 0.25) is 0 Å². The zero-order valence-electron chi connectivity index (χ0n) is 13.2. The first-order valence-corrected chi connectivity index (χ1v) is 7.15. The summed E-state index contributed by atoms with van der Waals surface area (Å²) in [5.74, 6) is 0. The molecule has 0 saturated carbocycles. The van der Waals surface area contributed by atoms with Crippen molar-refractivity contribution in [3.05, 3.63) is 0 Å². The summed E-state index contributed by atoms with van der Waals surface area (Å²) >= 11 is 0. The Labute approximate surface area is 117 Å². The topological polar surface area (TPSA) is 49.8 Å². The lowest BCUT2D eigenvalue weighted by Crippen LogP contribution is -2.64. The van der Waals surface area contributed by atoms with E-state index in [1.165, 1.54) is 0 Å². The minimum absolute atomic E-state index is 0.0181. The average Bonchev–Trinajstić information content (AvgIpc) is 2.25. The molecule has 112 valence electrons. The average molecular weight is 271 g/mol. The first kappa shape index (κ1) is 16.3. The van der Waals surface area contributed by atoms with Gasteiger partial charge < -0.3 is 9.84 Å². The van der Waals surface area contributed by atoms with Crippen LogP contribution in [0.2, 0.25) is 0 Å². The monoisotopic (exact) mass is 271 g/mol. The molecule has 0 aromatic carbocycles. The molecule has 1 saturated heterocycles. The van der Waals surface area contributed by atoms with E-state index in [-0.39, 0.29) is 18.1 Å². The largest absolute Gasteiger partial charge is 0.444 e. The molecule has 1 heterocycles. The second-order valence-corrected chi connectivity index (χ2v) is 7.53. The van der Waals surface area contributed by atoms with E-state index in [0.717, 1.165) is 19.3 Å². The molecule has 0 aromatic heterocycles. The maximum absolute atomic E-state index is 12.4. The third kappa shape index (κ3) is 3.41. The SMILES string of the molecule is CC(C)(C)OC(=O)N1CCCCC1(CO)C(C)(C)C. The van der Waals surface area contributed by atoms with Crippen LogP contribution in [0.1, 0.15) is 60.8 Å². The third-order valence-corrected chi connectivity index (χ3v) is 4.01. The van der Waals surface area contributed by atoms with Gasteiger partial charge in [0.25, 0.3) is 0 Å². The lowest BCUT2D eigenvalue weighted by atomic mass is 9.68. The summed E-state index contributed by atoms with van der Waals surface area (Å²) in [6.45, 7) is 12.5. The van der Waals surface area contributed by atoms with Gasteiger partial charge >= 0.3 is 6.09 Å². The van der Waals surface area contributed by atoms with Crippen LogP contribution in [0, 0.1) is 5.41 Å². The first-order chi connectivity index (χ1) is 8.53. The molecule has 1 atom stereocenters. The fourth-order valence-electron chi connectivity index (χ4n) is 2.80. The van der Waals surface area contributed by atoms with Crippen LogP contribution < -0.4 is 0 Å². The van der Waals surface area contributed by atoms with Gasteiger partial charge in [-0.2, -0.15) is 0 Å². The van der Waals surface area contributed by atoms with Crippen molar-refractivity contribution in [3.63, 3.8) is 0 Å². The molecule has 4 nitrogen and oxygen atoms in total. The number of hydrogen-bond acceptors (Lipinski definition) is 3. The van der Waals surface area contributed by atoms with Gasteiger partial charge in [0.15, 0.2) is 0 Å². The van der Waals surface area contributed by atoms with Gasteiger partial charge in [-0.1, -0.05) is 20.8 Å². The zero-order chi connectivity index (χ0) is 14.9. The number of aliphatic hydroxyl groups excluding tert-OH is 1. The molecule has 1 N–H and O–H groups in total. The second kappa shape index (κ2) is 5.31. The highest BCUT2D eigenvalue weighted by atomic mass is 16.6. The van der Waals surface area contributed by atoms with Crippen molar-refractivity contribution in [1.82, 2.24) is 4.90 Å². The van der Waals surface area contributed by atoms with Crippen LogP contribution in [0.3, 0.4) is 0 Å². The van der Waals surface area contributed by atoms with E-state index < -0.39 is 11.1 Å². The molecular weight excluding hydrogens is 242 g/mol. The molecule has 0 aromatic rings. The van der Waals surface area contributed by atoms with E-state index in [2.05, 4.69) is 20.8 Å². The van der Waals surface area contributed by atoms with Crippen LogP contribution in [0.5, 0.6) is 0 Å². The molecule has 1 unspecified atom stereocenters. The van der Waals surface area contributed by atoms with Crippen LogP contribution in [-0.2, 0) is 4.74 Å². The van der Waals surface area contributed by atoms with E-state index in [1.54, 1.807) is 4.90 Å². The minimum atomic E-state index is -0.520. The Hall–Kier alpha value is -0.770. The Balaban J connectivity index is 3.04. The number of amides is 1. The number of carbonyl (C=O) groups is 1. The Morgan fingerprint density at radius 1 is 1.21 bits per heavy atom. The highest BCUT2D eigenvalue weighted by Gasteiger charge is 2.50. The Bertz CT molecular complexity index is 327. The van der Waals surface area contributed by atoms with E-state index in [0.29, 0.717) is 6.54 Å². The summed E-state index contributed by atoms with van der Waals surface area (Å²) < 4.78 is 5.51. The normalized spacial score (nSPS) is 25.3. The van der Waals surface area contributed by atoms with Gasteiger partial charge in [-0.05, 0) is 45.4 Å². The van der Waals surface area contributed by atoms with E-state index in [1.807, 2.05) is 20.8 Å². The Morgan fingerprint density at radius 3 is 2.21 bits per heavy atom. The lowest BCUT2D eigenvalue weighted by Gasteiger charge is -2.53. The fourth-order valence-corrected chi connectivity index (χ4v) is 2.80. The Kier molecular flexibility index (Phi) is 4.55. The number of carbonyl (C=O) groups excluding carboxylic acids is 1. The minimum Gasteiger partial charge on any atom is -0.444 e. The molecule has 0 spiro atoms. The van der Waals surface area contributed by atoms with E-state index in [4.69, 9.17) is 4.74 Å². The summed E-state index contributed by atoms with van der Waals surface area (Å²) in [6, 6.07) is 0. The third-order valence-electron chi connectivity index (χ3n) is 4.01. The zero-order valence-corrected chi connectivity index (χ0v) is 13.2. The number of aliphatic hydroxyl groups is 1. The van der Waals surface area contributed by atoms with Gasteiger partial charge in [0.1, 0.15) is 5.60 Å². The molecule has 19 heavy (non-hydrogen) atoms. The van der Waals surface area contributed by atoms with Crippen molar-refractivity contribution in [2.45, 2.75) is 71.9 Å². The summed E-state index contributed by atoms with van der Waals surface area (Å²) in [4.78, 5) is 14.2. The molecule has 4 heteroatoms. The fraction of sp³-hybridized carbons (Fsp3) is 0.933. The number of ether oxygens (including phenoxy) is 1. The number of hydrogen-bond donors (Lipinski definition) is 1. The molecule has 1 aliphatic rings. The predicted molar refractivity (Wildman–Crippen MR) is 76.1 cm³/mol. The van der Waals surface area contributed by atoms with Crippen LogP contribution in [0.15, 0.2) is 0 Å². The number of nitrogens with zero attached hydrogens (tertiary/aromatic N) is 1. The molecule has 1 fully saturated rings. The van der Waals surface area contributed by atoms with Crippen molar-refractivity contribution in [1.29, 1.82) is 0 Å². The standard InChI is InChI=1S/C15H29NO3/c1-13(2,3)15(11-17)9-7-8-10-16(15)12(18)19-14(4,5)6/h17H,7-11H2,1-6H3.